The highest BCUT2D eigenvalue weighted by Crippen LogP contribution is 2.33. The van der Waals surface area contributed by atoms with E-state index in [1.807, 2.05) is 26.0 Å². The van der Waals surface area contributed by atoms with Crippen molar-refractivity contribution in [1.29, 1.82) is 0 Å². The Morgan fingerprint density at radius 1 is 1.08 bits per heavy atom. The molecule has 128 valence electrons. The molecular formula is C17H18BrNO4S. The standard InChI is InChI=1S/C17H18BrNO4S/c1-10-6-11(2)17(12(3)16(10)18)24(20,21)19-8-13-4-5-14-15(7-13)23-9-22-14/h4-7,19H,8-9H2,1-3H3. The minimum atomic E-state index is -3.63. The van der Waals surface area contributed by atoms with E-state index in [1.54, 1.807) is 19.1 Å². The van der Waals surface area contributed by atoms with Gasteiger partial charge in [-0.2, -0.15) is 0 Å². The molecule has 0 unspecified atom stereocenters. The van der Waals surface area contributed by atoms with Gasteiger partial charge in [-0.25, -0.2) is 13.1 Å². The lowest BCUT2D eigenvalue weighted by Gasteiger charge is -2.15. The molecule has 0 saturated carbocycles. The van der Waals surface area contributed by atoms with Crippen LogP contribution in [0.3, 0.4) is 0 Å². The molecular weight excluding hydrogens is 394 g/mol. The van der Waals surface area contributed by atoms with Crippen LogP contribution in [0.5, 0.6) is 11.5 Å². The molecule has 1 heterocycles. The van der Waals surface area contributed by atoms with E-state index in [9.17, 15) is 8.42 Å². The summed E-state index contributed by atoms with van der Waals surface area (Å²) >= 11 is 3.46. The zero-order valence-corrected chi connectivity index (χ0v) is 16.0. The first-order valence-corrected chi connectivity index (χ1v) is 9.71. The van der Waals surface area contributed by atoms with Gasteiger partial charge in [0.25, 0.3) is 0 Å². The van der Waals surface area contributed by atoms with Crippen LogP contribution >= 0.6 is 15.9 Å². The molecule has 5 nitrogen and oxygen atoms in total. The molecule has 0 aliphatic carbocycles. The van der Waals surface area contributed by atoms with Crippen molar-refractivity contribution in [2.75, 3.05) is 6.79 Å². The van der Waals surface area contributed by atoms with Gasteiger partial charge in [0.2, 0.25) is 16.8 Å². The SMILES string of the molecule is Cc1cc(C)c(S(=O)(=O)NCc2ccc3c(c2)OCO3)c(C)c1Br. The fourth-order valence-electron chi connectivity index (χ4n) is 2.86. The molecule has 0 radical (unpaired) electrons. The topological polar surface area (TPSA) is 64.6 Å². The first-order valence-electron chi connectivity index (χ1n) is 7.44. The van der Waals surface area contributed by atoms with E-state index >= 15 is 0 Å². The average molecular weight is 412 g/mol. The van der Waals surface area contributed by atoms with Crippen LogP contribution in [-0.2, 0) is 16.6 Å². The maximum atomic E-state index is 12.8. The van der Waals surface area contributed by atoms with Gasteiger partial charge in [0.1, 0.15) is 0 Å². The van der Waals surface area contributed by atoms with Gasteiger partial charge in [-0.05, 0) is 55.2 Å². The Bertz CT molecular complexity index is 909. The predicted octanol–water partition coefficient (Wildman–Crippen LogP) is 3.58. The Balaban J connectivity index is 1.86. The number of rotatable bonds is 4. The number of nitrogens with one attached hydrogen (secondary N) is 1. The van der Waals surface area contributed by atoms with Gasteiger partial charge in [-0.3, -0.25) is 0 Å². The maximum absolute atomic E-state index is 12.8. The van der Waals surface area contributed by atoms with Crippen LogP contribution in [0.15, 0.2) is 33.6 Å². The largest absolute Gasteiger partial charge is 0.454 e. The molecule has 2 aromatic carbocycles. The molecule has 1 N–H and O–H groups in total. The first kappa shape index (κ1) is 17.3. The van der Waals surface area contributed by atoms with Crippen molar-refractivity contribution in [3.63, 3.8) is 0 Å². The van der Waals surface area contributed by atoms with Crippen molar-refractivity contribution >= 4 is 26.0 Å². The summed E-state index contributed by atoms with van der Waals surface area (Å²) in [6.45, 7) is 5.94. The first-order chi connectivity index (χ1) is 11.3. The van der Waals surface area contributed by atoms with Crippen molar-refractivity contribution in [1.82, 2.24) is 4.72 Å². The van der Waals surface area contributed by atoms with E-state index in [-0.39, 0.29) is 13.3 Å². The highest BCUT2D eigenvalue weighted by molar-refractivity contribution is 9.10. The molecule has 3 rings (SSSR count). The third-order valence-corrected chi connectivity index (χ3v) is 6.89. The van der Waals surface area contributed by atoms with E-state index in [0.29, 0.717) is 22.0 Å². The van der Waals surface area contributed by atoms with Gasteiger partial charge in [0.05, 0.1) is 4.90 Å². The van der Waals surface area contributed by atoms with E-state index in [0.717, 1.165) is 21.2 Å². The maximum Gasteiger partial charge on any atom is 0.241 e. The summed E-state index contributed by atoms with van der Waals surface area (Å²) in [4.78, 5) is 0.320. The zero-order valence-electron chi connectivity index (χ0n) is 13.6. The number of fused-ring (bicyclic) bond motifs is 1. The number of hydrogen-bond acceptors (Lipinski definition) is 4. The quantitative estimate of drug-likeness (QED) is 0.834. The molecule has 1 aliphatic rings. The number of ether oxygens (including phenoxy) is 2. The molecule has 0 aromatic heterocycles. The summed E-state index contributed by atoms with van der Waals surface area (Å²) in [5, 5.41) is 0. The highest BCUT2D eigenvalue weighted by Gasteiger charge is 2.22. The Kier molecular flexibility index (Phi) is 4.59. The van der Waals surface area contributed by atoms with E-state index in [1.165, 1.54) is 0 Å². The van der Waals surface area contributed by atoms with Crippen molar-refractivity contribution in [3.05, 3.63) is 51.0 Å². The normalized spacial score (nSPS) is 13.3. The Morgan fingerprint density at radius 2 is 1.79 bits per heavy atom. The molecule has 0 fully saturated rings. The molecule has 0 amide bonds. The lowest BCUT2D eigenvalue weighted by atomic mass is 10.1. The molecule has 1 aliphatic heterocycles. The minimum absolute atomic E-state index is 0.184. The highest BCUT2D eigenvalue weighted by atomic mass is 79.9. The summed E-state index contributed by atoms with van der Waals surface area (Å²) in [6.07, 6.45) is 0. The second-order valence-corrected chi connectivity index (χ2v) is 8.29. The number of aryl methyl sites for hydroxylation is 2. The summed E-state index contributed by atoms with van der Waals surface area (Å²) in [5.74, 6) is 1.31. The molecule has 0 atom stereocenters. The summed E-state index contributed by atoms with van der Waals surface area (Å²) in [7, 11) is -3.63. The Labute approximate surface area is 150 Å². The fraction of sp³-hybridized carbons (Fsp3) is 0.294. The smallest absolute Gasteiger partial charge is 0.241 e. The second kappa shape index (κ2) is 6.38. The van der Waals surface area contributed by atoms with E-state index in [4.69, 9.17) is 9.47 Å². The van der Waals surface area contributed by atoms with Crippen molar-refractivity contribution < 1.29 is 17.9 Å². The van der Waals surface area contributed by atoms with Gasteiger partial charge < -0.3 is 9.47 Å². The molecule has 0 bridgehead atoms. The third kappa shape index (κ3) is 3.16. The number of halogens is 1. The van der Waals surface area contributed by atoms with E-state index in [2.05, 4.69) is 20.7 Å². The number of sulfonamides is 1. The van der Waals surface area contributed by atoms with Crippen LogP contribution in [0.1, 0.15) is 22.3 Å². The number of hydrogen-bond donors (Lipinski definition) is 1. The molecule has 0 saturated heterocycles. The summed E-state index contributed by atoms with van der Waals surface area (Å²) in [6, 6.07) is 7.26. The van der Waals surface area contributed by atoms with Gasteiger partial charge in [-0.15, -0.1) is 0 Å². The fourth-order valence-corrected chi connectivity index (χ4v) is 4.79. The van der Waals surface area contributed by atoms with Crippen LogP contribution < -0.4 is 14.2 Å². The van der Waals surface area contributed by atoms with Crippen LogP contribution in [0.2, 0.25) is 0 Å². The number of benzene rings is 2. The third-order valence-electron chi connectivity index (χ3n) is 3.98. The summed E-state index contributed by atoms with van der Waals surface area (Å²) in [5.41, 5.74) is 3.26. The minimum Gasteiger partial charge on any atom is -0.454 e. The van der Waals surface area contributed by atoms with Crippen molar-refractivity contribution in [3.8, 4) is 11.5 Å². The molecule has 2 aromatic rings. The van der Waals surface area contributed by atoms with Gasteiger partial charge in [0, 0.05) is 11.0 Å². The lowest BCUT2D eigenvalue weighted by Crippen LogP contribution is -2.25. The predicted molar refractivity (Wildman–Crippen MR) is 94.9 cm³/mol. The van der Waals surface area contributed by atoms with Crippen LogP contribution in [0.4, 0.5) is 0 Å². The summed E-state index contributed by atoms with van der Waals surface area (Å²) < 4.78 is 39.6. The van der Waals surface area contributed by atoms with Gasteiger partial charge >= 0.3 is 0 Å². The second-order valence-electron chi connectivity index (χ2n) is 5.79. The van der Waals surface area contributed by atoms with E-state index < -0.39 is 10.0 Å². The lowest BCUT2D eigenvalue weighted by molar-refractivity contribution is 0.174. The van der Waals surface area contributed by atoms with Gasteiger partial charge in [0.15, 0.2) is 11.5 Å². The average Bonchev–Trinajstić information content (AvgIpc) is 2.98. The monoisotopic (exact) mass is 411 g/mol. The van der Waals surface area contributed by atoms with Crippen LogP contribution in [0.25, 0.3) is 0 Å². The molecule has 0 spiro atoms. The van der Waals surface area contributed by atoms with Crippen molar-refractivity contribution in [2.45, 2.75) is 32.2 Å². The Hall–Kier alpha value is -1.57. The zero-order chi connectivity index (χ0) is 17.5. The van der Waals surface area contributed by atoms with Gasteiger partial charge in [-0.1, -0.05) is 28.1 Å². The molecule has 24 heavy (non-hydrogen) atoms. The Morgan fingerprint density at radius 3 is 2.54 bits per heavy atom. The van der Waals surface area contributed by atoms with Crippen LogP contribution in [0, 0.1) is 20.8 Å². The van der Waals surface area contributed by atoms with Crippen molar-refractivity contribution in [2.24, 2.45) is 0 Å². The van der Waals surface area contributed by atoms with Crippen LogP contribution in [-0.4, -0.2) is 15.2 Å². The molecule has 7 heteroatoms.